The fourth-order valence-corrected chi connectivity index (χ4v) is 6.46. The second-order valence-electron chi connectivity index (χ2n) is 4.55. The Labute approximate surface area is 116 Å². The molecule has 9 heteroatoms. The summed E-state index contributed by atoms with van der Waals surface area (Å²) in [6.07, 6.45) is 0.304. The van der Waals surface area contributed by atoms with Crippen molar-refractivity contribution in [2.75, 3.05) is 11.5 Å². The lowest BCUT2D eigenvalue weighted by atomic mass is 10.3. The quantitative estimate of drug-likeness (QED) is 0.812. The number of sulfonamides is 1. The number of nitrogens with one attached hydrogen (secondary N) is 1. The summed E-state index contributed by atoms with van der Waals surface area (Å²) in [5, 5.41) is 9.07. The molecule has 0 bridgehead atoms. The summed E-state index contributed by atoms with van der Waals surface area (Å²) in [4.78, 5) is 0.597. The molecule has 1 atom stereocenters. The highest BCUT2D eigenvalue weighted by molar-refractivity contribution is 7.92. The monoisotopic (exact) mass is 325 g/mol. The molecule has 1 aromatic heterocycles. The van der Waals surface area contributed by atoms with Crippen LogP contribution < -0.4 is 4.72 Å². The topological polar surface area (TPSA) is 101 Å². The van der Waals surface area contributed by atoms with E-state index in [4.69, 9.17) is 5.11 Å². The normalized spacial score (nSPS) is 22.7. The Morgan fingerprint density at radius 2 is 2.21 bits per heavy atom. The van der Waals surface area contributed by atoms with Gasteiger partial charge < -0.3 is 5.11 Å². The van der Waals surface area contributed by atoms with E-state index in [0.29, 0.717) is 16.9 Å². The first-order valence-corrected chi connectivity index (χ1v) is 9.78. The first kappa shape index (κ1) is 14.9. The van der Waals surface area contributed by atoms with Gasteiger partial charge in [-0.25, -0.2) is 21.6 Å². The van der Waals surface area contributed by atoms with E-state index < -0.39 is 25.9 Å². The Balaban J connectivity index is 2.19. The van der Waals surface area contributed by atoms with Crippen molar-refractivity contribution in [3.05, 3.63) is 16.5 Å². The number of sulfone groups is 1. The molecular formula is C10H15NO5S3. The van der Waals surface area contributed by atoms with Crippen molar-refractivity contribution in [3.8, 4) is 0 Å². The highest BCUT2D eigenvalue weighted by Gasteiger charge is 2.32. The zero-order chi connectivity index (χ0) is 14.3. The Kier molecular flexibility index (Phi) is 4.03. The molecule has 0 spiro atoms. The van der Waals surface area contributed by atoms with Crippen LogP contribution in [0.2, 0.25) is 0 Å². The molecule has 0 aliphatic carbocycles. The summed E-state index contributed by atoms with van der Waals surface area (Å²) in [6.45, 7) is 1.52. The van der Waals surface area contributed by atoms with Crippen molar-refractivity contribution in [1.29, 1.82) is 0 Å². The van der Waals surface area contributed by atoms with Crippen molar-refractivity contribution >= 4 is 31.2 Å². The van der Waals surface area contributed by atoms with Gasteiger partial charge in [0.2, 0.25) is 10.0 Å². The van der Waals surface area contributed by atoms with Crippen molar-refractivity contribution in [3.63, 3.8) is 0 Å². The van der Waals surface area contributed by atoms with E-state index in [1.54, 1.807) is 6.92 Å². The number of rotatable bonds is 4. The van der Waals surface area contributed by atoms with E-state index in [9.17, 15) is 16.8 Å². The lowest BCUT2D eigenvalue weighted by Crippen LogP contribution is -2.35. The third kappa shape index (κ3) is 3.34. The van der Waals surface area contributed by atoms with Crippen LogP contribution in [0, 0.1) is 6.92 Å². The fraction of sp³-hybridized carbons (Fsp3) is 0.600. The number of hydrogen-bond donors (Lipinski definition) is 2. The maximum absolute atomic E-state index is 12.1. The van der Waals surface area contributed by atoms with Crippen LogP contribution in [0.15, 0.2) is 10.3 Å². The average Bonchev–Trinajstić information content (AvgIpc) is 2.81. The van der Waals surface area contributed by atoms with E-state index in [0.717, 1.165) is 11.3 Å². The van der Waals surface area contributed by atoms with Gasteiger partial charge in [0.25, 0.3) is 0 Å². The predicted octanol–water partition coefficient (Wildman–Crippen LogP) is 0.0142. The first-order chi connectivity index (χ1) is 8.73. The summed E-state index contributed by atoms with van der Waals surface area (Å²) in [5.74, 6) is -0.130. The first-order valence-electron chi connectivity index (χ1n) is 5.66. The van der Waals surface area contributed by atoms with Gasteiger partial charge in [-0.15, -0.1) is 11.3 Å². The minimum absolute atomic E-state index is 0.0194. The molecule has 1 unspecified atom stereocenters. The molecule has 1 aromatic rings. The minimum atomic E-state index is -3.71. The second kappa shape index (κ2) is 5.13. The molecule has 2 N–H and O–H groups in total. The van der Waals surface area contributed by atoms with Gasteiger partial charge in [-0.3, -0.25) is 0 Å². The summed E-state index contributed by atoms with van der Waals surface area (Å²) in [7, 11) is -6.83. The molecule has 2 heterocycles. The molecule has 0 aromatic carbocycles. The molecule has 0 saturated carbocycles. The van der Waals surface area contributed by atoms with Crippen LogP contribution in [0.25, 0.3) is 0 Å². The van der Waals surface area contributed by atoms with Crippen LogP contribution >= 0.6 is 11.3 Å². The van der Waals surface area contributed by atoms with Crippen LogP contribution in [0.5, 0.6) is 0 Å². The van der Waals surface area contributed by atoms with Gasteiger partial charge in [-0.05, 0) is 25.0 Å². The largest absolute Gasteiger partial charge is 0.391 e. The molecule has 1 saturated heterocycles. The van der Waals surface area contributed by atoms with E-state index in [-0.39, 0.29) is 22.3 Å². The van der Waals surface area contributed by atoms with Gasteiger partial charge in [0.15, 0.2) is 9.84 Å². The summed E-state index contributed by atoms with van der Waals surface area (Å²) in [6, 6.07) is 0.928. The molecule has 2 rings (SSSR count). The van der Waals surface area contributed by atoms with Gasteiger partial charge >= 0.3 is 0 Å². The molecule has 6 nitrogen and oxygen atoms in total. The van der Waals surface area contributed by atoms with Gasteiger partial charge in [0, 0.05) is 10.9 Å². The van der Waals surface area contributed by atoms with Gasteiger partial charge in [0.05, 0.1) is 18.1 Å². The Morgan fingerprint density at radius 3 is 2.68 bits per heavy atom. The smallest absolute Gasteiger partial charge is 0.250 e. The lowest BCUT2D eigenvalue weighted by molar-refractivity contribution is 0.285. The predicted molar refractivity (Wildman–Crippen MR) is 72.4 cm³/mol. The minimum Gasteiger partial charge on any atom is -0.391 e. The second-order valence-corrected chi connectivity index (χ2v) is 9.86. The Morgan fingerprint density at radius 1 is 1.53 bits per heavy atom. The standard InChI is InChI=1S/C10H15NO5S3/c1-7-4-10(17-9(7)5-12)19(15,16)11-8-2-3-18(13,14)6-8/h4,8,11-12H,2-3,5-6H2,1H3. The van der Waals surface area contributed by atoms with Crippen LogP contribution in [0.1, 0.15) is 16.9 Å². The molecule has 0 radical (unpaired) electrons. The molecule has 0 amide bonds. The zero-order valence-corrected chi connectivity index (χ0v) is 12.7. The number of aliphatic hydroxyl groups is 1. The van der Waals surface area contributed by atoms with Gasteiger partial charge in [-0.1, -0.05) is 0 Å². The maximum atomic E-state index is 12.1. The number of aryl methyl sites for hydroxylation is 1. The van der Waals surface area contributed by atoms with Crippen molar-refractivity contribution in [2.24, 2.45) is 0 Å². The molecule has 108 valence electrons. The van der Waals surface area contributed by atoms with Crippen molar-refractivity contribution < 1.29 is 21.9 Å². The number of hydrogen-bond acceptors (Lipinski definition) is 6. The average molecular weight is 325 g/mol. The van der Waals surface area contributed by atoms with Crippen LogP contribution in [-0.4, -0.2) is 39.5 Å². The van der Waals surface area contributed by atoms with E-state index in [2.05, 4.69) is 4.72 Å². The third-order valence-corrected chi connectivity index (χ3v) is 7.94. The van der Waals surface area contributed by atoms with Crippen LogP contribution in [0.4, 0.5) is 0 Å². The van der Waals surface area contributed by atoms with Crippen molar-refractivity contribution in [2.45, 2.75) is 30.2 Å². The fourth-order valence-electron chi connectivity index (χ4n) is 1.94. The van der Waals surface area contributed by atoms with Crippen LogP contribution in [-0.2, 0) is 26.5 Å². The third-order valence-electron chi connectivity index (χ3n) is 2.96. The van der Waals surface area contributed by atoms with E-state index in [1.807, 2.05) is 0 Å². The van der Waals surface area contributed by atoms with E-state index in [1.165, 1.54) is 6.07 Å². The number of aliphatic hydroxyl groups excluding tert-OH is 1. The van der Waals surface area contributed by atoms with Gasteiger partial charge in [0.1, 0.15) is 4.21 Å². The molecular weight excluding hydrogens is 310 g/mol. The molecule has 1 fully saturated rings. The Bertz CT molecular complexity index is 674. The number of thiophene rings is 1. The van der Waals surface area contributed by atoms with Crippen LogP contribution in [0.3, 0.4) is 0 Å². The molecule has 19 heavy (non-hydrogen) atoms. The molecule has 1 aliphatic rings. The highest BCUT2D eigenvalue weighted by Crippen LogP contribution is 2.26. The van der Waals surface area contributed by atoms with Gasteiger partial charge in [-0.2, -0.15) is 0 Å². The Hall–Kier alpha value is -0.480. The maximum Gasteiger partial charge on any atom is 0.250 e. The molecule has 1 aliphatic heterocycles. The summed E-state index contributed by atoms with van der Waals surface area (Å²) in [5.41, 5.74) is 0.715. The van der Waals surface area contributed by atoms with Crippen molar-refractivity contribution in [1.82, 2.24) is 4.72 Å². The highest BCUT2D eigenvalue weighted by atomic mass is 32.2. The lowest BCUT2D eigenvalue weighted by Gasteiger charge is -2.09. The SMILES string of the molecule is Cc1cc(S(=O)(=O)NC2CCS(=O)(=O)C2)sc1CO. The van der Waals surface area contributed by atoms with E-state index >= 15 is 0 Å². The summed E-state index contributed by atoms with van der Waals surface area (Å²) >= 11 is 1.000. The zero-order valence-electron chi connectivity index (χ0n) is 10.3. The summed E-state index contributed by atoms with van der Waals surface area (Å²) < 4.78 is 49.3.